The molecule has 1 unspecified atom stereocenters. The van der Waals surface area contributed by atoms with Gasteiger partial charge in [-0.3, -0.25) is 14.8 Å². The van der Waals surface area contributed by atoms with E-state index >= 15 is 0 Å². The molecule has 1 aliphatic carbocycles. The van der Waals surface area contributed by atoms with Crippen LogP contribution in [0.1, 0.15) is 35.4 Å². The van der Waals surface area contributed by atoms with Crippen molar-refractivity contribution in [3.8, 4) is 0 Å². The molecule has 0 saturated carbocycles. The Morgan fingerprint density at radius 2 is 1.71 bits per heavy atom. The maximum absolute atomic E-state index is 13.5. The van der Waals surface area contributed by atoms with Crippen LogP contribution in [0.3, 0.4) is 0 Å². The van der Waals surface area contributed by atoms with E-state index in [4.69, 9.17) is 0 Å². The second kappa shape index (κ2) is 10.6. The number of amides is 1. The predicted octanol–water partition coefficient (Wildman–Crippen LogP) is 3.96. The van der Waals surface area contributed by atoms with Crippen LogP contribution in [0.2, 0.25) is 0 Å². The van der Waals surface area contributed by atoms with E-state index in [0.29, 0.717) is 37.1 Å². The number of nitrogens with zero attached hydrogens (tertiary/aromatic N) is 3. The lowest BCUT2D eigenvalue weighted by Gasteiger charge is -2.27. The molecule has 0 bridgehead atoms. The Morgan fingerprint density at radius 1 is 1.09 bits per heavy atom. The highest BCUT2D eigenvalue weighted by atomic mass is 19.4. The van der Waals surface area contributed by atoms with Gasteiger partial charge in [-0.1, -0.05) is 48.5 Å². The summed E-state index contributed by atoms with van der Waals surface area (Å²) < 4.78 is 41.8. The summed E-state index contributed by atoms with van der Waals surface area (Å²) in [6, 6.07) is 17.7. The second-order valence-electron chi connectivity index (χ2n) is 8.82. The number of aromatic nitrogens is 2. The lowest BCUT2D eigenvalue weighted by molar-refractivity contribution is -0.142. The van der Waals surface area contributed by atoms with E-state index in [1.54, 1.807) is 7.05 Å². The van der Waals surface area contributed by atoms with E-state index < -0.39 is 24.1 Å². The second-order valence-corrected chi connectivity index (χ2v) is 8.82. The van der Waals surface area contributed by atoms with Crippen molar-refractivity contribution in [2.75, 3.05) is 11.9 Å². The highest BCUT2D eigenvalue weighted by molar-refractivity contribution is 5.96. The predicted molar refractivity (Wildman–Crippen MR) is 127 cm³/mol. The monoisotopic (exact) mass is 486 g/mol. The molecule has 2 aromatic carbocycles. The van der Waals surface area contributed by atoms with Gasteiger partial charge < -0.3 is 10.0 Å². The van der Waals surface area contributed by atoms with Gasteiger partial charge in [-0.05, 0) is 49.8 Å². The summed E-state index contributed by atoms with van der Waals surface area (Å²) in [6.07, 6.45) is -3.25. The summed E-state index contributed by atoms with van der Waals surface area (Å²) in [7, 11) is 1.66. The van der Waals surface area contributed by atoms with Crippen molar-refractivity contribution in [1.29, 1.82) is 0 Å². The number of benzene rings is 2. The van der Waals surface area contributed by atoms with Crippen LogP contribution in [0.25, 0.3) is 0 Å². The smallest absolute Gasteiger partial charge is 0.377 e. The number of hydrogen-bond acceptors (Lipinski definition) is 4. The largest absolute Gasteiger partial charge is 0.435 e. The van der Waals surface area contributed by atoms with Crippen LogP contribution in [-0.4, -0.2) is 40.1 Å². The van der Waals surface area contributed by atoms with Gasteiger partial charge in [0.05, 0.1) is 12.6 Å². The van der Waals surface area contributed by atoms with Gasteiger partial charge in [-0.15, -0.1) is 0 Å². The van der Waals surface area contributed by atoms with Gasteiger partial charge in [-0.2, -0.15) is 18.3 Å². The third-order valence-corrected chi connectivity index (χ3v) is 6.32. The molecule has 186 valence electrons. The molecule has 0 fully saturated rings. The third-order valence-electron chi connectivity index (χ3n) is 6.32. The van der Waals surface area contributed by atoms with Crippen LogP contribution in [-0.2, 0) is 36.8 Å². The fourth-order valence-corrected chi connectivity index (χ4v) is 4.58. The number of anilines is 1. The molecule has 9 heteroatoms. The number of aliphatic hydroxyl groups excluding tert-OH is 1. The maximum atomic E-state index is 13.5. The lowest BCUT2D eigenvalue weighted by Crippen LogP contribution is -2.51. The number of rotatable bonds is 8. The zero-order valence-electron chi connectivity index (χ0n) is 19.5. The number of likely N-dealkylation sites (N-methyl/N-ethyl adjacent to an activating group) is 1. The van der Waals surface area contributed by atoms with Gasteiger partial charge in [0.1, 0.15) is 6.23 Å². The lowest BCUT2D eigenvalue weighted by atomic mass is 9.95. The summed E-state index contributed by atoms with van der Waals surface area (Å²) >= 11 is 0. The molecule has 1 aliphatic rings. The first-order chi connectivity index (χ1) is 16.7. The molecule has 0 saturated heterocycles. The van der Waals surface area contributed by atoms with Crippen molar-refractivity contribution in [3.63, 3.8) is 0 Å². The standard InChI is InChI=1S/C26H29F3N4O2/c1-32(19-12-6-3-7-13-19)25(35)21(16-18-10-4-2-5-11-18)30-23(34)17-33-22-15-9-8-14-20(22)24(31-33)26(27,28)29/h2-7,10-13,21,23,30,34H,8-9,14-17H2,1H3/t21-,23?/m0/s1. The van der Waals surface area contributed by atoms with Gasteiger partial charge in [0.2, 0.25) is 5.91 Å². The van der Waals surface area contributed by atoms with Crippen molar-refractivity contribution >= 4 is 11.6 Å². The van der Waals surface area contributed by atoms with E-state index in [2.05, 4.69) is 10.4 Å². The minimum atomic E-state index is -4.55. The average molecular weight is 487 g/mol. The summed E-state index contributed by atoms with van der Waals surface area (Å²) in [5.74, 6) is -0.266. The molecule has 2 atom stereocenters. The Morgan fingerprint density at radius 3 is 2.37 bits per heavy atom. The van der Waals surface area contributed by atoms with E-state index in [1.807, 2.05) is 60.7 Å². The number of alkyl halides is 3. The molecule has 0 aliphatic heterocycles. The van der Waals surface area contributed by atoms with E-state index in [1.165, 1.54) is 9.58 Å². The number of para-hydroxylation sites is 1. The molecule has 35 heavy (non-hydrogen) atoms. The summed E-state index contributed by atoms with van der Waals surface area (Å²) in [4.78, 5) is 14.9. The van der Waals surface area contributed by atoms with Crippen molar-refractivity contribution < 1.29 is 23.1 Å². The highest BCUT2D eigenvalue weighted by Crippen LogP contribution is 2.35. The molecular formula is C26H29F3N4O2. The number of nitrogens with one attached hydrogen (secondary N) is 1. The topological polar surface area (TPSA) is 70.4 Å². The Bertz CT molecular complexity index is 1130. The van der Waals surface area contributed by atoms with E-state index in [9.17, 15) is 23.1 Å². The number of hydrogen-bond donors (Lipinski definition) is 2. The van der Waals surface area contributed by atoms with Crippen molar-refractivity contribution in [2.45, 2.75) is 57.1 Å². The normalized spacial score (nSPS) is 15.3. The molecule has 0 radical (unpaired) electrons. The van der Waals surface area contributed by atoms with Crippen LogP contribution < -0.4 is 10.2 Å². The molecule has 1 heterocycles. The minimum absolute atomic E-state index is 0.188. The van der Waals surface area contributed by atoms with Crippen molar-refractivity contribution in [2.24, 2.45) is 0 Å². The number of halogens is 3. The SMILES string of the molecule is CN(C(=O)[C@H](Cc1ccccc1)NC(O)Cn1nc(C(F)(F)F)c2c1CCCC2)c1ccccc1. The van der Waals surface area contributed by atoms with Gasteiger partial charge in [0, 0.05) is 24.0 Å². The van der Waals surface area contributed by atoms with Gasteiger partial charge in [0.15, 0.2) is 5.69 Å². The number of carbonyl (C=O) groups is 1. The van der Waals surface area contributed by atoms with Crippen LogP contribution in [0.15, 0.2) is 60.7 Å². The van der Waals surface area contributed by atoms with Crippen molar-refractivity contribution in [3.05, 3.63) is 83.2 Å². The zero-order valence-corrected chi connectivity index (χ0v) is 19.5. The Hall–Kier alpha value is -3.17. The Kier molecular flexibility index (Phi) is 7.57. The number of fused-ring (bicyclic) bond motifs is 1. The maximum Gasteiger partial charge on any atom is 0.435 e. The zero-order chi connectivity index (χ0) is 25.0. The molecule has 4 rings (SSSR count). The van der Waals surface area contributed by atoms with Gasteiger partial charge >= 0.3 is 6.18 Å². The molecular weight excluding hydrogens is 457 g/mol. The van der Waals surface area contributed by atoms with E-state index in [-0.39, 0.29) is 18.0 Å². The number of carbonyl (C=O) groups excluding carboxylic acids is 1. The van der Waals surface area contributed by atoms with Crippen LogP contribution >= 0.6 is 0 Å². The summed E-state index contributed by atoms with van der Waals surface area (Å²) in [5.41, 5.74) is 1.44. The Balaban J connectivity index is 1.55. The molecule has 3 aromatic rings. The van der Waals surface area contributed by atoms with Gasteiger partial charge in [-0.25, -0.2) is 0 Å². The first-order valence-corrected chi connectivity index (χ1v) is 11.7. The molecule has 6 nitrogen and oxygen atoms in total. The fraction of sp³-hybridized carbons (Fsp3) is 0.385. The summed E-state index contributed by atoms with van der Waals surface area (Å²) in [6.45, 7) is -0.188. The van der Waals surface area contributed by atoms with Gasteiger partial charge in [0.25, 0.3) is 0 Å². The first kappa shape index (κ1) is 24.9. The number of aliphatic hydroxyl groups is 1. The molecule has 1 amide bonds. The highest BCUT2D eigenvalue weighted by Gasteiger charge is 2.39. The molecule has 2 N–H and O–H groups in total. The van der Waals surface area contributed by atoms with E-state index in [0.717, 1.165) is 12.0 Å². The van der Waals surface area contributed by atoms with Crippen molar-refractivity contribution in [1.82, 2.24) is 15.1 Å². The average Bonchev–Trinajstić information content (AvgIpc) is 3.23. The third kappa shape index (κ3) is 5.91. The Labute approximate surface area is 202 Å². The van der Waals surface area contributed by atoms with Crippen LogP contribution in [0.5, 0.6) is 0 Å². The first-order valence-electron chi connectivity index (χ1n) is 11.7. The summed E-state index contributed by atoms with van der Waals surface area (Å²) in [5, 5.41) is 17.6. The quantitative estimate of drug-likeness (QED) is 0.473. The molecule has 1 aromatic heterocycles. The fourth-order valence-electron chi connectivity index (χ4n) is 4.58. The molecule has 0 spiro atoms. The van der Waals surface area contributed by atoms with Crippen LogP contribution in [0.4, 0.5) is 18.9 Å². The van der Waals surface area contributed by atoms with Crippen LogP contribution in [0, 0.1) is 0 Å². The minimum Gasteiger partial charge on any atom is -0.377 e.